The topological polar surface area (TPSA) is 122 Å². The van der Waals surface area contributed by atoms with Crippen molar-refractivity contribution < 1.29 is 17.8 Å². The highest BCUT2D eigenvalue weighted by Crippen LogP contribution is 2.48. The van der Waals surface area contributed by atoms with Gasteiger partial charge in [-0.05, 0) is 30.0 Å². The first-order valence-electron chi connectivity index (χ1n) is 12.2. The van der Waals surface area contributed by atoms with Crippen molar-refractivity contribution in [1.29, 1.82) is 10.5 Å². The fourth-order valence-corrected chi connectivity index (χ4v) is 6.16. The van der Waals surface area contributed by atoms with E-state index in [0.717, 1.165) is 16.9 Å². The van der Waals surface area contributed by atoms with Crippen LogP contribution >= 0.6 is 0 Å². The molecule has 0 bridgehead atoms. The summed E-state index contributed by atoms with van der Waals surface area (Å²) in [5, 5.41) is 19.1. The molecule has 190 valence electrons. The Labute approximate surface area is 218 Å². The Morgan fingerprint density at radius 1 is 1.11 bits per heavy atom. The van der Waals surface area contributed by atoms with E-state index in [1.54, 1.807) is 12.2 Å². The van der Waals surface area contributed by atoms with Crippen molar-refractivity contribution in [2.24, 2.45) is 23.7 Å². The van der Waals surface area contributed by atoms with E-state index < -0.39 is 22.0 Å². The zero-order chi connectivity index (χ0) is 26.8. The molecule has 0 saturated heterocycles. The number of Topliss-reactive ketones (excluding diaryl/α,β-unsaturated/α-hetero) is 1. The Kier molecular flexibility index (Phi) is 7.36. The summed E-state index contributed by atoms with van der Waals surface area (Å²) in [6.07, 6.45) is 14.9. The molecule has 1 fully saturated rings. The third-order valence-electron chi connectivity index (χ3n) is 7.40. The Morgan fingerprint density at radius 3 is 2.49 bits per heavy atom. The number of hydrogen-bond acceptors (Lipinski definition) is 6. The van der Waals surface area contributed by atoms with Crippen molar-refractivity contribution >= 4 is 21.6 Å². The number of allylic oxidation sites excluding steroid dienone is 10. The molecule has 1 heterocycles. The van der Waals surface area contributed by atoms with Gasteiger partial charge in [0.15, 0.2) is 5.78 Å². The molecular formula is C29H29N3O4S. The van der Waals surface area contributed by atoms with Crippen LogP contribution in [0.3, 0.4) is 0 Å². The molecule has 4 rings (SSSR count). The van der Waals surface area contributed by atoms with Crippen molar-refractivity contribution in [3.63, 3.8) is 0 Å². The molecule has 1 saturated carbocycles. The number of benzene rings is 1. The number of fused-ring (bicyclic) bond motifs is 2. The fourth-order valence-electron chi connectivity index (χ4n) is 5.67. The first kappa shape index (κ1) is 26.3. The number of carbonyl (C=O) groups excluding carboxylic acids is 1. The summed E-state index contributed by atoms with van der Waals surface area (Å²) in [5.41, 5.74) is 3.18. The van der Waals surface area contributed by atoms with Crippen LogP contribution in [0.15, 0.2) is 84.1 Å². The average Bonchev–Trinajstić information content (AvgIpc) is 3.25. The molecule has 3 atom stereocenters. The maximum absolute atomic E-state index is 13.1. The predicted octanol–water partition coefficient (Wildman–Crippen LogP) is 4.65. The number of rotatable bonds is 7. The van der Waals surface area contributed by atoms with Crippen molar-refractivity contribution in [2.75, 3.05) is 17.2 Å². The van der Waals surface area contributed by atoms with Crippen LogP contribution in [-0.4, -0.2) is 31.1 Å². The summed E-state index contributed by atoms with van der Waals surface area (Å²) >= 11 is 0. The normalized spacial score (nSPS) is 26.2. The summed E-state index contributed by atoms with van der Waals surface area (Å²) in [6.45, 7) is 4.60. The summed E-state index contributed by atoms with van der Waals surface area (Å²) in [6, 6.07) is 12.0. The quantitative estimate of drug-likeness (QED) is 0.414. The molecule has 1 N–H and O–H groups in total. The maximum atomic E-state index is 13.1. The van der Waals surface area contributed by atoms with Gasteiger partial charge in [-0.15, -0.1) is 0 Å². The number of ketones is 1. The van der Waals surface area contributed by atoms with Crippen LogP contribution in [0.2, 0.25) is 0 Å². The van der Waals surface area contributed by atoms with Gasteiger partial charge in [-0.1, -0.05) is 74.6 Å². The molecule has 1 aromatic rings. The molecule has 3 unspecified atom stereocenters. The van der Waals surface area contributed by atoms with Crippen LogP contribution in [0.1, 0.15) is 25.8 Å². The standard InChI is InChI=1S/C29H29N3O4S/c1-29(2)24-13-6-7-14-25(24)32(16-9-17-37(34,35)36)26(29)15-8-5-12-23-27(20(18-30)19-31)21-10-3-4-11-22(21)28(23)33/h3-8,10-15,20-22,27H,9,16-17H2,1-2H3,(H,34,35,36)/b8-5+,23-12+,26-15-. The first-order chi connectivity index (χ1) is 17.6. The van der Waals surface area contributed by atoms with Crippen molar-refractivity contribution in [3.05, 3.63) is 89.7 Å². The first-order valence-corrected chi connectivity index (χ1v) is 13.8. The molecule has 1 aromatic carbocycles. The molecular weight excluding hydrogens is 486 g/mol. The Bertz CT molecular complexity index is 1420. The molecule has 3 aliphatic rings. The summed E-state index contributed by atoms with van der Waals surface area (Å²) < 4.78 is 31.7. The van der Waals surface area contributed by atoms with Gasteiger partial charge in [0.2, 0.25) is 0 Å². The number of nitrogens with zero attached hydrogens (tertiary/aromatic N) is 3. The molecule has 0 amide bonds. The van der Waals surface area contributed by atoms with E-state index in [4.69, 9.17) is 0 Å². The van der Waals surface area contributed by atoms with E-state index in [-0.39, 0.29) is 35.2 Å². The molecule has 2 aliphatic carbocycles. The van der Waals surface area contributed by atoms with Gasteiger partial charge in [-0.2, -0.15) is 18.9 Å². The molecule has 8 heteroatoms. The van der Waals surface area contributed by atoms with E-state index in [1.807, 2.05) is 60.7 Å². The average molecular weight is 516 g/mol. The lowest BCUT2D eigenvalue weighted by molar-refractivity contribution is -0.117. The molecule has 37 heavy (non-hydrogen) atoms. The van der Waals surface area contributed by atoms with Crippen LogP contribution in [0.25, 0.3) is 0 Å². The van der Waals surface area contributed by atoms with Crippen LogP contribution in [0.5, 0.6) is 0 Å². The highest BCUT2D eigenvalue weighted by atomic mass is 32.2. The minimum Gasteiger partial charge on any atom is -0.344 e. The highest BCUT2D eigenvalue weighted by molar-refractivity contribution is 7.85. The number of para-hydroxylation sites is 1. The minimum atomic E-state index is -4.06. The Hall–Kier alpha value is -3.72. The number of carbonyl (C=O) groups is 1. The zero-order valence-electron chi connectivity index (χ0n) is 20.8. The van der Waals surface area contributed by atoms with Gasteiger partial charge >= 0.3 is 0 Å². The van der Waals surface area contributed by atoms with Gasteiger partial charge in [0, 0.05) is 40.8 Å². The summed E-state index contributed by atoms with van der Waals surface area (Å²) in [4.78, 5) is 15.2. The molecule has 0 radical (unpaired) electrons. The van der Waals surface area contributed by atoms with E-state index in [9.17, 15) is 28.3 Å². The number of nitriles is 2. The maximum Gasteiger partial charge on any atom is 0.264 e. The van der Waals surface area contributed by atoms with E-state index in [1.165, 1.54) is 0 Å². The SMILES string of the molecule is CC1(C)/C(=C/C=C/C=C2/C(=O)C3C=CC=CC3C2C(C#N)C#N)N(CCCS(=O)(=O)O)c2ccccc21. The van der Waals surface area contributed by atoms with Gasteiger partial charge in [0.25, 0.3) is 10.1 Å². The van der Waals surface area contributed by atoms with Gasteiger partial charge in [0.1, 0.15) is 5.92 Å². The molecule has 7 nitrogen and oxygen atoms in total. The highest BCUT2D eigenvalue weighted by Gasteiger charge is 2.47. The van der Waals surface area contributed by atoms with Crippen LogP contribution in [-0.2, 0) is 20.3 Å². The van der Waals surface area contributed by atoms with Gasteiger partial charge < -0.3 is 4.90 Å². The fraction of sp³-hybridized carbons (Fsp3) is 0.345. The summed E-state index contributed by atoms with van der Waals surface area (Å²) in [5.74, 6) is -2.37. The lowest BCUT2D eigenvalue weighted by Crippen LogP contribution is -2.28. The largest absolute Gasteiger partial charge is 0.344 e. The minimum absolute atomic E-state index is 0.0659. The number of hydrogen-bond donors (Lipinski definition) is 1. The van der Waals surface area contributed by atoms with Crippen molar-refractivity contribution in [3.8, 4) is 12.1 Å². The van der Waals surface area contributed by atoms with Crippen molar-refractivity contribution in [2.45, 2.75) is 25.7 Å². The van der Waals surface area contributed by atoms with Crippen LogP contribution in [0, 0.1) is 46.3 Å². The lowest BCUT2D eigenvalue weighted by atomic mass is 9.79. The molecule has 0 spiro atoms. The van der Waals surface area contributed by atoms with E-state index in [2.05, 4.69) is 30.9 Å². The Balaban J connectivity index is 1.65. The second kappa shape index (κ2) is 10.3. The van der Waals surface area contributed by atoms with Crippen LogP contribution < -0.4 is 4.90 Å². The third-order valence-corrected chi connectivity index (χ3v) is 8.20. The smallest absolute Gasteiger partial charge is 0.264 e. The predicted molar refractivity (Wildman–Crippen MR) is 142 cm³/mol. The van der Waals surface area contributed by atoms with Gasteiger partial charge in [-0.25, -0.2) is 0 Å². The Morgan fingerprint density at radius 2 is 1.78 bits per heavy atom. The van der Waals surface area contributed by atoms with Crippen molar-refractivity contribution in [1.82, 2.24) is 0 Å². The van der Waals surface area contributed by atoms with Gasteiger partial charge in [0.05, 0.1) is 17.9 Å². The van der Waals surface area contributed by atoms with Gasteiger partial charge in [-0.3, -0.25) is 9.35 Å². The van der Waals surface area contributed by atoms with E-state index in [0.29, 0.717) is 12.1 Å². The van der Waals surface area contributed by atoms with Crippen LogP contribution in [0.4, 0.5) is 5.69 Å². The van der Waals surface area contributed by atoms with E-state index >= 15 is 0 Å². The third kappa shape index (κ3) is 5.09. The second-order valence-corrected chi connectivity index (χ2v) is 11.6. The summed E-state index contributed by atoms with van der Waals surface area (Å²) in [7, 11) is -4.06. The zero-order valence-corrected chi connectivity index (χ0v) is 21.6. The monoisotopic (exact) mass is 515 g/mol. The number of anilines is 1. The molecule has 0 aromatic heterocycles. The molecule has 1 aliphatic heterocycles. The lowest BCUT2D eigenvalue weighted by Gasteiger charge is -2.27. The second-order valence-electron chi connectivity index (χ2n) is 9.99.